The Kier molecular flexibility index (Phi) is 3.66. The molecule has 1 fully saturated rings. The normalized spacial score (nSPS) is 23.7. The third-order valence-corrected chi connectivity index (χ3v) is 2.01. The number of ether oxygens (including phenoxy) is 3. The fourth-order valence-corrected chi connectivity index (χ4v) is 1.11. The molecule has 0 radical (unpaired) electrons. The van der Waals surface area contributed by atoms with Crippen molar-refractivity contribution in [3.8, 4) is 0 Å². The second kappa shape index (κ2) is 4.57. The largest absolute Gasteiger partial charge is 0.460 e. The summed E-state index contributed by atoms with van der Waals surface area (Å²) in [7, 11) is 0. The number of hydrogen-bond donors (Lipinski definition) is 0. The third kappa shape index (κ3) is 2.82. The molecule has 0 spiro atoms. The predicted octanol–water partition coefficient (Wildman–Crippen LogP) is 1.11. The standard InChI is InChI=1S/C10H16O4/c1-4-8(11)12-5-6-13-9-10(2,3)7-14-9/h4,9H,1,5-7H2,2-3H3. The third-order valence-electron chi connectivity index (χ3n) is 2.01. The van der Waals surface area contributed by atoms with Crippen LogP contribution in [-0.2, 0) is 19.0 Å². The Morgan fingerprint density at radius 1 is 1.64 bits per heavy atom. The van der Waals surface area contributed by atoms with Crippen molar-refractivity contribution in [1.29, 1.82) is 0 Å². The molecule has 0 amide bonds. The van der Waals surface area contributed by atoms with Crippen molar-refractivity contribution in [2.75, 3.05) is 19.8 Å². The molecule has 0 aromatic heterocycles. The summed E-state index contributed by atoms with van der Waals surface area (Å²) in [6.07, 6.45) is 0.953. The van der Waals surface area contributed by atoms with Crippen LogP contribution in [0.25, 0.3) is 0 Å². The smallest absolute Gasteiger partial charge is 0.330 e. The van der Waals surface area contributed by atoms with E-state index in [1.54, 1.807) is 0 Å². The van der Waals surface area contributed by atoms with Gasteiger partial charge in [0.2, 0.25) is 0 Å². The van der Waals surface area contributed by atoms with Gasteiger partial charge in [0.1, 0.15) is 6.61 Å². The van der Waals surface area contributed by atoms with E-state index in [4.69, 9.17) is 14.2 Å². The van der Waals surface area contributed by atoms with Crippen LogP contribution in [0.5, 0.6) is 0 Å². The van der Waals surface area contributed by atoms with Gasteiger partial charge < -0.3 is 14.2 Å². The van der Waals surface area contributed by atoms with E-state index in [1.165, 1.54) is 0 Å². The molecule has 4 nitrogen and oxygen atoms in total. The highest BCUT2D eigenvalue weighted by Gasteiger charge is 2.40. The summed E-state index contributed by atoms with van der Waals surface area (Å²) in [6, 6.07) is 0. The molecule has 14 heavy (non-hydrogen) atoms. The van der Waals surface area contributed by atoms with Crippen molar-refractivity contribution < 1.29 is 19.0 Å². The van der Waals surface area contributed by atoms with E-state index < -0.39 is 5.97 Å². The van der Waals surface area contributed by atoms with Crippen LogP contribution in [0.1, 0.15) is 13.8 Å². The predicted molar refractivity (Wildman–Crippen MR) is 50.6 cm³/mol. The van der Waals surface area contributed by atoms with Crippen LogP contribution < -0.4 is 0 Å². The topological polar surface area (TPSA) is 44.8 Å². The molecule has 0 aliphatic carbocycles. The van der Waals surface area contributed by atoms with Gasteiger partial charge in [-0.05, 0) is 0 Å². The maximum Gasteiger partial charge on any atom is 0.330 e. The molecular formula is C10H16O4. The van der Waals surface area contributed by atoms with Gasteiger partial charge in [-0.3, -0.25) is 0 Å². The lowest BCUT2D eigenvalue weighted by molar-refractivity contribution is -0.298. The molecule has 0 bridgehead atoms. The zero-order chi connectivity index (χ0) is 10.6. The second-order valence-corrected chi connectivity index (χ2v) is 3.87. The first kappa shape index (κ1) is 11.2. The molecule has 1 saturated heterocycles. The molecule has 1 rings (SSSR count). The number of esters is 1. The molecular weight excluding hydrogens is 184 g/mol. The van der Waals surface area contributed by atoms with E-state index in [0.29, 0.717) is 13.2 Å². The minimum absolute atomic E-state index is 0.0719. The lowest BCUT2D eigenvalue weighted by Gasteiger charge is -2.43. The fourth-order valence-electron chi connectivity index (χ4n) is 1.11. The number of hydrogen-bond acceptors (Lipinski definition) is 4. The molecule has 1 aliphatic heterocycles. The van der Waals surface area contributed by atoms with Crippen LogP contribution in [0.3, 0.4) is 0 Å². The summed E-state index contributed by atoms with van der Waals surface area (Å²) in [5.74, 6) is -0.428. The highest BCUT2D eigenvalue weighted by molar-refractivity contribution is 5.81. The highest BCUT2D eigenvalue weighted by Crippen LogP contribution is 2.34. The lowest BCUT2D eigenvalue weighted by Crippen LogP contribution is -2.49. The Morgan fingerprint density at radius 2 is 2.36 bits per heavy atom. The van der Waals surface area contributed by atoms with Crippen LogP contribution in [0, 0.1) is 5.41 Å². The molecule has 1 unspecified atom stereocenters. The zero-order valence-corrected chi connectivity index (χ0v) is 8.62. The molecule has 4 heteroatoms. The van der Waals surface area contributed by atoms with Crippen molar-refractivity contribution in [2.45, 2.75) is 20.1 Å². The SMILES string of the molecule is C=CC(=O)OCCOC1OCC1(C)C. The minimum atomic E-state index is -0.428. The van der Waals surface area contributed by atoms with Gasteiger partial charge in [-0.1, -0.05) is 20.4 Å². The highest BCUT2D eigenvalue weighted by atomic mass is 16.7. The average molecular weight is 200 g/mol. The lowest BCUT2D eigenvalue weighted by atomic mass is 9.89. The van der Waals surface area contributed by atoms with E-state index in [1.807, 2.05) is 0 Å². The van der Waals surface area contributed by atoms with Gasteiger partial charge in [-0.15, -0.1) is 0 Å². The van der Waals surface area contributed by atoms with Crippen molar-refractivity contribution in [3.63, 3.8) is 0 Å². The summed E-state index contributed by atoms with van der Waals surface area (Å²) >= 11 is 0. The summed E-state index contributed by atoms with van der Waals surface area (Å²) in [6.45, 7) is 8.72. The summed E-state index contributed by atoms with van der Waals surface area (Å²) in [4.78, 5) is 10.6. The monoisotopic (exact) mass is 200 g/mol. The van der Waals surface area contributed by atoms with Gasteiger partial charge in [0.05, 0.1) is 13.2 Å². The van der Waals surface area contributed by atoms with E-state index in [2.05, 4.69) is 20.4 Å². The number of carbonyl (C=O) groups is 1. The van der Waals surface area contributed by atoms with Gasteiger partial charge in [0.15, 0.2) is 6.29 Å². The molecule has 1 heterocycles. The molecule has 1 atom stereocenters. The van der Waals surface area contributed by atoms with E-state index in [0.717, 1.165) is 6.08 Å². The summed E-state index contributed by atoms with van der Waals surface area (Å²) in [5, 5.41) is 0. The van der Waals surface area contributed by atoms with Gasteiger partial charge in [-0.2, -0.15) is 0 Å². The molecule has 0 aromatic carbocycles. The molecule has 0 N–H and O–H groups in total. The van der Waals surface area contributed by atoms with Gasteiger partial charge in [0.25, 0.3) is 0 Å². The second-order valence-electron chi connectivity index (χ2n) is 3.87. The number of rotatable bonds is 5. The van der Waals surface area contributed by atoms with Gasteiger partial charge in [0, 0.05) is 11.5 Å². The van der Waals surface area contributed by atoms with Crippen LogP contribution in [0.15, 0.2) is 12.7 Å². The van der Waals surface area contributed by atoms with Crippen molar-refractivity contribution >= 4 is 5.97 Å². The van der Waals surface area contributed by atoms with E-state index in [9.17, 15) is 4.79 Å². The molecule has 0 aromatic rings. The van der Waals surface area contributed by atoms with Crippen LogP contribution in [0.4, 0.5) is 0 Å². The quantitative estimate of drug-likeness (QED) is 0.379. The van der Waals surface area contributed by atoms with Crippen LogP contribution >= 0.6 is 0 Å². The summed E-state index contributed by atoms with van der Waals surface area (Å²) < 4.78 is 15.3. The van der Waals surface area contributed by atoms with Gasteiger partial charge >= 0.3 is 5.97 Å². The summed E-state index contributed by atoms with van der Waals surface area (Å²) in [5.41, 5.74) is 0.0719. The van der Waals surface area contributed by atoms with Crippen molar-refractivity contribution in [1.82, 2.24) is 0 Å². The molecule has 1 aliphatic rings. The Bertz CT molecular complexity index is 222. The first-order valence-corrected chi connectivity index (χ1v) is 4.58. The van der Waals surface area contributed by atoms with Crippen LogP contribution in [0.2, 0.25) is 0 Å². The molecule has 80 valence electrons. The number of carbonyl (C=O) groups excluding carboxylic acids is 1. The zero-order valence-electron chi connectivity index (χ0n) is 8.62. The average Bonchev–Trinajstić information content (AvgIpc) is 2.15. The van der Waals surface area contributed by atoms with E-state index in [-0.39, 0.29) is 18.3 Å². The Hall–Kier alpha value is -0.870. The van der Waals surface area contributed by atoms with E-state index >= 15 is 0 Å². The Labute approximate surface area is 83.8 Å². The van der Waals surface area contributed by atoms with Crippen LogP contribution in [-0.4, -0.2) is 32.1 Å². The first-order valence-electron chi connectivity index (χ1n) is 4.58. The van der Waals surface area contributed by atoms with Gasteiger partial charge in [-0.25, -0.2) is 4.79 Å². The maximum absolute atomic E-state index is 10.6. The fraction of sp³-hybridized carbons (Fsp3) is 0.700. The first-order chi connectivity index (χ1) is 6.56. The Morgan fingerprint density at radius 3 is 2.79 bits per heavy atom. The maximum atomic E-state index is 10.6. The molecule has 0 saturated carbocycles. The minimum Gasteiger partial charge on any atom is -0.460 e. The van der Waals surface area contributed by atoms with Crippen molar-refractivity contribution in [3.05, 3.63) is 12.7 Å². The van der Waals surface area contributed by atoms with Crippen molar-refractivity contribution in [2.24, 2.45) is 5.41 Å². The Balaban J connectivity index is 2.05.